The second-order valence-electron chi connectivity index (χ2n) is 9.21. The molecule has 3 atom stereocenters. The molecule has 2 aliphatic rings. The molecular weight excluding hydrogens is 464 g/mol. The first kappa shape index (κ1) is 22.4. The summed E-state index contributed by atoms with van der Waals surface area (Å²) in [6, 6.07) is 5.24. The summed E-state index contributed by atoms with van der Waals surface area (Å²) in [5.41, 5.74) is 14.3. The van der Waals surface area contributed by atoms with Gasteiger partial charge in [-0.2, -0.15) is 5.10 Å². The van der Waals surface area contributed by atoms with Gasteiger partial charge in [-0.25, -0.2) is 9.37 Å². The molecule has 2 fully saturated rings. The molecule has 5 rings (SSSR count). The summed E-state index contributed by atoms with van der Waals surface area (Å²) >= 11 is 12.4. The van der Waals surface area contributed by atoms with E-state index < -0.39 is 11.9 Å². The molecule has 174 valence electrons. The molecule has 2 unspecified atom stereocenters. The van der Waals surface area contributed by atoms with E-state index in [-0.39, 0.29) is 10.8 Å². The number of rotatable bonds is 5. The zero-order valence-electron chi connectivity index (χ0n) is 18.2. The lowest BCUT2D eigenvalue weighted by Gasteiger charge is -2.19. The lowest BCUT2D eigenvalue weighted by molar-refractivity contribution is 0.227. The van der Waals surface area contributed by atoms with Gasteiger partial charge in [-0.1, -0.05) is 23.2 Å². The van der Waals surface area contributed by atoms with E-state index in [1.54, 1.807) is 13.1 Å². The molecular formula is C24H26Cl2FN5O. The molecule has 0 saturated heterocycles. The van der Waals surface area contributed by atoms with Crippen molar-refractivity contribution in [3.05, 3.63) is 58.2 Å². The van der Waals surface area contributed by atoms with Gasteiger partial charge in [0.15, 0.2) is 11.6 Å². The second-order valence-corrected chi connectivity index (χ2v) is 10.00. The van der Waals surface area contributed by atoms with Gasteiger partial charge in [0.1, 0.15) is 11.9 Å². The predicted molar refractivity (Wildman–Crippen MR) is 128 cm³/mol. The topological polar surface area (TPSA) is 92.0 Å². The number of nitrogens with zero attached hydrogens (tertiary/aromatic N) is 3. The highest BCUT2D eigenvalue weighted by Gasteiger charge is 2.41. The van der Waals surface area contributed by atoms with Crippen molar-refractivity contribution in [1.29, 1.82) is 0 Å². The molecule has 3 aromatic rings. The third-order valence-corrected chi connectivity index (χ3v) is 7.72. The molecule has 33 heavy (non-hydrogen) atoms. The standard InChI is InChI=1S/C24H26Cl2FN5O/c1-12(22-19(25)2-3-20(27)23(22)26)33-21-8-15(9-30-24(21)29)16-10-31-32(11-16)18-6-13-4-17(28)5-14(13)7-18/h2-3,8-14,17-18H,4-7,28H2,1H3,(H2,29,30)/t12-,13?,14?,17?,18?/m1/s1. The van der Waals surface area contributed by atoms with Gasteiger partial charge in [0.2, 0.25) is 0 Å². The highest BCUT2D eigenvalue weighted by atomic mass is 35.5. The maximum atomic E-state index is 13.9. The van der Waals surface area contributed by atoms with Crippen molar-refractivity contribution in [2.45, 2.75) is 50.8 Å². The Kier molecular flexibility index (Phi) is 5.97. The highest BCUT2D eigenvalue weighted by molar-refractivity contribution is 6.36. The minimum Gasteiger partial charge on any atom is -0.482 e. The molecule has 9 heteroatoms. The number of nitrogens with two attached hydrogens (primary N) is 2. The minimum atomic E-state index is -0.632. The Morgan fingerprint density at radius 1 is 1.12 bits per heavy atom. The van der Waals surface area contributed by atoms with E-state index in [1.165, 1.54) is 12.1 Å². The van der Waals surface area contributed by atoms with E-state index in [0.29, 0.717) is 40.3 Å². The first-order valence-electron chi connectivity index (χ1n) is 11.2. The maximum absolute atomic E-state index is 13.9. The van der Waals surface area contributed by atoms with Gasteiger partial charge >= 0.3 is 0 Å². The summed E-state index contributed by atoms with van der Waals surface area (Å²) in [7, 11) is 0. The number of halogens is 3. The van der Waals surface area contributed by atoms with Crippen molar-refractivity contribution in [2.75, 3.05) is 5.73 Å². The fourth-order valence-electron chi connectivity index (χ4n) is 5.41. The fourth-order valence-corrected chi connectivity index (χ4v) is 6.08. The third-order valence-electron chi connectivity index (χ3n) is 7.01. The van der Waals surface area contributed by atoms with Gasteiger partial charge < -0.3 is 16.2 Å². The Morgan fingerprint density at radius 2 is 1.85 bits per heavy atom. The summed E-state index contributed by atoms with van der Waals surface area (Å²) in [5.74, 6) is 1.45. The number of ether oxygens (including phenoxy) is 1. The molecule has 1 aromatic carbocycles. The average molecular weight is 490 g/mol. The molecule has 0 bridgehead atoms. The SMILES string of the molecule is C[C@@H](Oc1cc(-c2cnn(C3CC4CC(N)CC4C3)c2)cnc1N)c1c(Cl)ccc(F)c1Cl. The van der Waals surface area contributed by atoms with Gasteiger partial charge in [-0.15, -0.1) is 0 Å². The summed E-state index contributed by atoms with van der Waals surface area (Å²) in [6.07, 6.45) is 9.43. The van der Waals surface area contributed by atoms with Gasteiger partial charge in [0.25, 0.3) is 0 Å². The van der Waals surface area contributed by atoms with E-state index in [9.17, 15) is 4.39 Å². The van der Waals surface area contributed by atoms with Crippen molar-refractivity contribution in [1.82, 2.24) is 14.8 Å². The second kappa shape index (κ2) is 8.78. The Hall–Kier alpha value is -2.35. The summed E-state index contributed by atoms with van der Waals surface area (Å²) in [4.78, 5) is 4.29. The molecule has 6 nitrogen and oxygen atoms in total. The van der Waals surface area contributed by atoms with Crippen LogP contribution in [0.3, 0.4) is 0 Å². The normalized spacial score (nSPS) is 25.2. The molecule has 4 N–H and O–H groups in total. The summed E-state index contributed by atoms with van der Waals surface area (Å²) in [5, 5.41) is 4.87. The van der Waals surface area contributed by atoms with E-state index in [2.05, 4.69) is 14.8 Å². The van der Waals surface area contributed by atoms with Gasteiger partial charge in [0.05, 0.1) is 17.3 Å². The summed E-state index contributed by atoms with van der Waals surface area (Å²) < 4.78 is 22.0. The Labute approximate surface area is 202 Å². The molecule has 2 aliphatic carbocycles. The number of pyridine rings is 1. The van der Waals surface area contributed by atoms with Crippen molar-refractivity contribution >= 4 is 29.0 Å². The van der Waals surface area contributed by atoms with Crippen molar-refractivity contribution < 1.29 is 9.13 Å². The number of anilines is 1. The van der Waals surface area contributed by atoms with Gasteiger partial charge in [-0.05, 0) is 62.6 Å². The van der Waals surface area contributed by atoms with Crippen molar-refractivity contribution in [2.24, 2.45) is 17.6 Å². The number of fused-ring (bicyclic) bond motifs is 1. The first-order valence-corrected chi connectivity index (χ1v) is 11.9. The third kappa shape index (κ3) is 4.29. The van der Waals surface area contributed by atoms with Crippen molar-refractivity contribution in [3.63, 3.8) is 0 Å². The molecule has 0 aliphatic heterocycles. The van der Waals surface area contributed by atoms with Crippen LogP contribution < -0.4 is 16.2 Å². The minimum absolute atomic E-state index is 0.0683. The average Bonchev–Trinajstić information content (AvgIpc) is 3.47. The molecule has 2 heterocycles. The van der Waals surface area contributed by atoms with Crippen LogP contribution in [0.1, 0.15) is 50.3 Å². The fraction of sp³-hybridized carbons (Fsp3) is 0.417. The maximum Gasteiger partial charge on any atom is 0.166 e. The van der Waals surface area contributed by atoms with E-state index in [1.807, 2.05) is 18.5 Å². The Balaban J connectivity index is 1.35. The van der Waals surface area contributed by atoms with E-state index in [4.69, 9.17) is 39.4 Å². The number of hydrogen-bond acceptors (Lipinski definition) is 5. The Morgan fingerprint density at radius 3 is 2.58 bits per heavy atom. The van der Waals surface area contributed by atoms with Crippen LogP contribution in [0.4, 0.5) is 10.2 Å². The van der Waals surface area contributed by atoms with E-state index in [0.717, 1.165) is 36.8 Å². The van der Waals surface area contributed by atoms with E-state index >= 15 is 0 Å². The lowest BCUT2D eigenvalue weighted by Crippen LogP contribution is -2.17. The molecule has 2 aromatic heterocycles. The van der Waals surface area contributed by atoms with Gasteiger partial charge in [-0.3, -0.25) is 4.68 Å². The zero-order valence-corrected chi connectivity index (χ0v) is 19.7. The van der Waals surface area contributed by atoms with Crippen LogP contribution in [0.25, 0.3) is 11.1 Å². The smallest absolute Gasteiger partial charge is 0.166 e. The number of aromatic nitrogens is 3. The van der Waals surface area contributed by atoms with Gasteiger partial charge in [0, 0.05) is 40.1 Å². The van der Waals surface area contributed by atoms with Crippen LogP contribution in [-0.4, -0.2) is 20.8 Å². The summed E-state index contributed by atoms with van der Waals surface area (Å²) in [6.45, 7) is 1.74. The highest BCUT2D eigenvalue weighted by Crippen LogP contribution is 2.48. The number of benzene rings is 1. The molecule has 0 spiro atoms. The quantitative estimate of drug-likeness (QED) is 0.441. The zero-order chi connectivity index (χ0) is 23.3. The van der Waals surface area contributed by atoms with Crippen LogP contribution in [0.2, 0.25) is 10.0 Å². The predicted octanol–water partition coefficient (Wildman–Crippen LogP) is 5.80. The van der Waals surface area contributed by atoms with Crippen LogP contribution in [0.15, 0.2) is 36.8 Å². The molecule has 0 amide bonds. The van der Waals surface area contributed by atoms with Crippen LogP contribution in [0.5, 0.6) is 5.75 Å². The largest absolute Gasteiger partial charge is 0.482 e. The lowest BCUT2D eigenvalue weighted by atomic mass is 10.0. The number of nitrogen functional groups attached to an aromatic ring is 1. The van der Waals surface area contributed by atoms with Crippen LogP contribution >= 0.6 is 23.2 Å². The Bertz CT molecular complexity index is 1170. The molecule has 0 radical (unpaired) electrons. The monoisotopic (exact) mass is 489 g/mol. The number of hydrogen-bond donors (Lipinski definition) is 2. The van der Waals surface area contributed by atoms with Crippen LogP contribution in [-0.2, 0) is 0 Å². The first-order chi connectivity index (χ1) is 15.8. The van der Waals surface area contributed by atoms with Crippen molar-refractivity contribution in [3.8, 4) is 16.9 Å². The molecule has 2 saturated carbocycles. The van der Waals surface area contributed by atoms with Crippen LogP contribution in [0, 0.1) is 17.7 Å².